The molecule has 3 rings (SSSR count). The normalized spacial score (nSPS) is 38.1. The summed E-state index contributed by atoms with van der Waals surface area (Å²) in [6.07, 6.45) is 6.49. The van der Waals surface area contributed by atoms with Crippen molar-refractivity contribution in [2.75, 3.05) is 26.2 Å². The van der Waals surface area contributed by atoms with Gasteiger partial charge in [-0.2, -0.15) is 0 Å². The van der Waals surface area contributed by atoms with Gasteiger partial charge in [-0.25, -0.2) is 4.79 Å². The molecule has 0 aromatic carbocycles. The van der Waals surface area contributed by atoms with Gasteiger partial charge in [-0.15, -0.1) is 6.58 Å². The number of amides is 2. The summed E-state index contributed by atoms with van der Waals surface area (Å²) in [6, 6.07) is 0. The minimum Gasteiger partial charge on any atom is -0.446 e. The molecule has 31 heavy (non-hydrogen) atoms. The lowest BCUT2D eigenvalue weighted by Gasteiger charge is -2.60. The van der Waals surface area contributed by atoms with Gasteiger partial charge in [-0.05, 0) is 62.2 Å². The fourth-order valence-corrected chi connectivity index (χ4v) is 6.57. The van der Waals surface area contributed by atoms with E-state index in [1.807, 2.05) is 11.8 Å². The maximum Gasteiger partial charge on any atom is 0.407 e. The van der Waals surface area contributed by atoms with E-state index in [0.717, 1.165) is 38.8 Å². The first-order valence-corrected chi connectivity index (χ1v) is 11.9. The molecule has 1 aliphatic heterocycles. The van der Waals surface area contributed by atoms with Crippen molar-refractivity contribution in [1.29, 1.82) is 0 Å². The van der Waals surface area contributed by atoms with Crippen LogP contribution in [0.15, 0.2) is 12.7 Å². The van der Waals surface area contributed by atoms with Crippen molar-refractivity contribution < 1.29 is 24.5 Å². The number of nitrogens with zero attached hydrogens (tertiary/aromatic N) is 1. The highest BCUT2D eigenvalue weighted by Gasteiger charge is 2.60. The van der Waals surface area contributed by atoms with Crippen LogP contribution in [0.2, 0.25) is 0 Å². The second-order valence-corrected chi connectivity index (χ2v) is 10.2. The largest absolute Gasteiger partial charge is 0.446 e. The van der Waals surface area contributed by atoms with Crippen molar-refractivity contribution in [1.82, 2.24) is 10.2 Å². The summed E-state index contributed by atoms with van der Waals surface area (Å²) in [5.74, 6) is 0.0408. The van der Waals surface area contributed by atoms with Crippen molar-refractivity contribution in [3.8, 4) is 0 Å². The summed E-state index contributed by atoms with van der Waals surface area (Å²) in [7, 11) is 0. The average Bonchev–Trinajstić information content (AvgIpc) is 2.77. The fraction of sp³-hybridized carbons (Fsp3) is 0.833. The topological polar surface area (TPSA) is 99.1 Å². The Bertz CT molecular complexity index is 664. The summed E-state index contributed by atoms with van der Waals surface area (Å²) >= 11 is 0. The number of ether oxygens (including phenoxy) is 1. The Labute approximate surface area is 186 Å². The first-order valence-electron chi connectivity index (χ1n) is 11.9. The van der Waals surface area contributed by atoms with Gasteiger partial charge in [-0.3, -0.25) is 4.79 Å². The van der Waals surface area contributed by atoms with E-state index >= 15 is 0 Å². The van der Waals surface area contributed by atoms with Gasteiger partial charge in [0.2, 0.25) is 5.91 Å². The number of piperidine rings is 1. The van der Waals surface area contributed by atoms with E-state index in [1.54, 1.807) is 6.08 Å². The van der Waals surface area contributed by atoms with E-state index in [1.165, 1.54) is 6.42 Å². The molecule has 0 spiro atoms. The standard InChI is InChI=1S/C24H40N2O5/c1-4-12-25-22(30)31-20-10-11-23(2)17(15-21(29)26-13-6-5-7-14-26)18(28)8-9-19(23)24(20,3)16-27/h4,17-20,27-28H,1,5-16H2,2-3H3,(H,25,30)/t17-,18-,19?,20-,23+,24+/m1/s1. The van der Waals surface area contributed by atoms with Gasteiger partial charge in [0.05, 0.1) is 12.7 Å². The highest BCUT2D eigenvalue weighted by Crippen LogP contribution is 2.61. The van der Waals surface area contributed by atoms with Crippen LogP contribution in [-0.2, 0) is 9.53 Å². The van der Waals surface area contributed by atoms with E-state index in [4.69, 9.17) is 4.74 Å². The molecule has 1 heterocycles. The zero-order valence-electron chi connectivity index (χ0n) is 19.1. The van der Waals surface area contributed by atoms with Crippen molar-refractivity contribution >= 4 is 12.0 Å². The third-order valence-electron chi connectivity index (χ3n) is 8.42. The molecule has 6 atom stereocenters. The quantitative estimate of drug-likeness (QED) is 0.556. The fourth-order valence-electron chi connectivity index (χ4n) is 6.57. The minimum absolute atomic E-state index is 0.0542. The van der Waals surface area contributed by atoms with E-state index < -0.39 is 23.7 Å². The van der Waals surface area contributed by atoms with E-state index in [-0.39, 0.29) is 29.8 Å². The number of alkyl carbamates (subject to hydrolysis) is 1. The molecule has 2 saturated carbocycles. The Morgan fingerprint density at radius 3 is 2.55 bits per heavy atom. The zero-order valence-corrected chi connectivity index (χ0v) is 19.1. The van der Waals surface area contributed by atoms with Crippen LogP contribution in [0.1, 0.15) is 65.2 Å². The van der Waals surface area contributed by atoms with Gasteiger partial charge in [0.1, 0.15) is 6.10 Å². The highest BCUT2D eigenvalue weighted by atomic mass is 16.6. The summed E-state index contributed by atoms with van der Waals surface area (Å²) in [6.45, 7) is 9.60. The van der Waals surface area contributed by atoms with Crippen LogP contribution in [0, 0.1) is 22.7 Å². The molecule has 7 heteroatoms. The maximum absolute atomic E-state index is 13.0. The number of aliphatic hydroxyl groups is 2. The molecule has 1 unspecified atom stereocenters. The summed E-state index contributed by atoms with van der Waals surface area (Å²) in [5.41, 5.74) is -0.914. The summed E-state index contributed by atoms with van der Waals surface area (Å²) in [5, 5.41) is 24.0. The zero-order chi connectivity index (χ0) is 22.6. The average molecular weight is 437 g/mol. The minimum atomic E-state index is -0.620. The molecule has 0 bridgehead atoms. The van der Waals surface area contributed by atoms with Crippen LogP contribution in [0.3, 0.4) is 0 Å². The lowest BCUT2D eigenvalue weighted by molar-refractivity contribution is -0.187. The second kappa shape index (κ2) is 9.90. The van der Waals surface area contributed by atoms with E-state index in [2.05, 4.69) is 18.8 Å². The molecule has 2 amide bonds. The van der Waals surface area contributed by atoms with Gasteiger partial charge >= 0.3 is 6.09 Å². The number of aliphatic hydroxyl groups excluding tert-OH is 2. The van der Waals surface area contributed by atoms with E-state index in [9.17, 15) is 19.8 Å². The van der Waals surface area contributed by atoms with E-state index in [0.29, 0.717) is 25.8 Å². The third kappa shape index (κ3) is 4.77. The number of nitrogens with one attached hydrogen (secondary N) is 1. The van der Waals surface area contributed by atoms with Crippen LogP contribution in [0.5, 0.6) is 0 Å². The second-order valence-electron chi connectivity index (χ2n) is 10.2. The van der Waals surface area contributed by atoms with Gasteiger partial charge in [0.25, 0.3) is 0 Å². The summed E-state index contributed by atoms with van der Waals surface area (Å²) < 4.78 is 5.74. The molecule has 2 aliphatic carbocycles. The smallest absolute Gasteiger partial charge is 0.407 e. The molecule has 0 aromatic rings. The molecular weight excluding hydrogens is 396 g/mol. The van der Waals surface area contributed by atoms with Crippen molar-refractivity contribution in [3.05, 3.63) is 12.7 Å². The van der Waals surface area contributed by atoms with Crippen molar-refractivity contribution in [3.63, 3.8) is 0 Å². The van der Waals surface area contributed by atoms with Crippen LogP contribution in [0.4, 0.5) is 4.79 Å². The molecule has 3 aliphatic rings. The number of hydrogen-bond donors (Lipinski definition) is 3. The van der Waals surface area contributed by atoms with Crippen LogP contribution >= 0.6 is 0 Å². The van der Waals surface area contributed by atoms with Crippen LogP contribution < -0.4 is 5.32 Å². The molecule has 176 valence electrons. The predicted octanol–water partition coefficient (Wildman–Crippen LogP) is 2.86. The SMILES string of the molecule is C=CCNC(=O)O[C@@H]1CC[C@]2(C)C(CC[C@@H](O)[C@H]2CC(=O)N2CCCCC2)[C@]1(C)CO. The molecule has 0 aromatic heterocycles. The number of fused-ring (bicyclic) bond motifs is 1. The Balaban J connectivity index is 1.78. The lowest BCUT2D eigenvalue weighted by Crippen LogP contribution is -2.61. The Morgan fingerprint density at radius 2 is 1.90 bits per heavy atom. The first-order chi connectivity index (χ1) is 14.8. The molecule has 0 radical (unpaired) electrons. The third-order valence-corrected chi connectivity index (χ3v) is 8.42. The number of rotatable bonds is 6. The predicted molar refractivity (Wildman–Crippen MR) is 118 cm³/mol. The van der Waals surface area contributed by atoms with Gasteiger partial charge in [0.15, 0.2) is 0 Å². The molecular formula is C24H40N2O5. The van der Waals surface area contributed by atoms with Crippen LogP contribution in [-0.4, -0.2) is 65.6 Å². The number of carbonyl (C=O) groups excluding carboxylic acids is 2. The number of hydrogen-bond acceptors (Lipinski definition) is 5. The Morgan fingerprint density at radius 1 is 1.19 bits per heavy atom. The molecule has 3 fully saturated rings. The van der Waals surface area contributed by atoms with Gasteiger partial charge in [-0.1, -0.05) is 19.9 Å². The van der Waals surface area contributed by atoms with Crippen molar-refractivity contribution in [2.24, 2.45) is 22.7 Å². The first kappa shape index (κ1) is 24.1. The Hall–Kier alpha value is -1.60. The molecule has 1 saturated heterocycles. The molecule has 3 N–H and O–H groups in total. The van der Waals surface area contributed by atoms with Gasteiger partial charge < -0.3 is 25.2 Å². The Kier molecular flexibility index (Phi) is 7.68. The number of likely N-dealkylation sites (tertiary alicyclic amines) is 1. The molecule has 7 nitrogen and oxygen atoms in total. The van der Waals surface area contributed by atoms with Crippen molar-refractivity contribution in [2.45, 2.75) is 77.4 Å². The lowest BCUT2D eigenvalue weighted by atomic mass is 9.46. The summed E-state index contributed by atoms with van der Waals surface area (Å²) in [4.78, 5) is 27.2. The monoisotopic (exact) mass is 436 g/mol. The van der Waals surface area contributed by atoms with Crippen LogP contribution in [0.25, 0.3) is 0 Å². The maximum atomic E-state index is 13.0. The highest BCUT2D eigenvalue weighted by molar-refractivity contribution is 5.76. The van der Waals surface area contributed by atoms with Gasteiger partial charge in [0, 0.05) is 31.5 Å². The number of carbonyl (C=O) groups is 2.